The molecule has 0 aliphatic carbocycles. The Bertz CT molecular complexity index is 1210. The van der Waals surface area contributed by atoms with E-state index < -0.39 is 22.6 Å². The van der Waals surface area contributed by atoms with E-state index in [0.29, 0.717) is 36.7 Å². The maximum absolute atomic E-state index is 13.4. The second kappa shape index (κ2) is 11.3. The lowest BCUT2D eigenvalue weighted by molar-refractivity contribution is -0.123. The van der Waals surface area contributed by atoms with E-state index in [-0.39, 0.29) is 18.1 Å². The van der Waals surface area contributed by atoms with Gasteiger partial charge in [0.1, 0.15) is 11.8 Å². The van der Waals surface area contributed by atoms with E-state index in [9.17, 15) is 14.7 Å². The fraction of sp³-hybridized carbons (Fsp3) is 0.440. The Hall–Kier alpha value is -2.72. The van der Waals surface area contributed by atoms with Gasteiger partial charge in [-0.25, -0.2) is 0 Å². The molecule has 1 aliphatic heterocycles. The molecule has 1 amide bonds. The van der Waals surface area contributed by atoms with Gasteiger partial charge in [0.05, 0.1) is 0 Å². The van der Waals surface area contributed by atoms with Crippen LogP contribution >= 0.6 is 23.5 Å². The van der Waals surface area contributed by atoms with Gasteiger partial charge >= 0.3 is 0 Å². The van der Waals surface area contributed by atoms with E-state index in [1.165, 1.54) is 6.07 Å². The molecule has 8 nitrogen and oxygen atoms in total. The van der Waals surface area contributed by atoms with Crippen LogP contribution in [-0.4, -0.2) is 44.7 Å². The average molecular weight is 516 g/mol. The molecule has 1 aliphatic rings. The summed E-state index contributed by atoms with van der Waals surface area (Å²) >= 11 is 3.45. The molecule has 3 heterocycles. The number of aromatic nitrogens is 2. The topological polar surface area (TPSA) is 118 Å². The number of hydrogen-bond donors (Lipinski definition) is 2. The van der Waals surface area contributed by atoms with Crippen LogP contribution in [0.3, 0.4) is 0 Å². The first-order valence-electron chi connectivity index (χ1n) is 11.5. The largest absolute Gasteiger partial charge is 0.502 e. The average Bonchev–Trinajstić information content (AvgIpc) is 3.35. The van der Waals surface area contributed by atoms with Gasteiger partial charge in [0.25, 0.3) is 0 Å². The highest BCUT2D eigenvalue weighted by Crippen LogP contribution is 2.44. The van der Waals surface area contributed by atoms with Crippen molar-refractivity contribution in [3.63, 3.8) is 0 Å². The Kier molecular flexibility index (Phi) is 8.22. The summed E-state index contributed by atoms with van der Waals surface area (Å²) in [5, 5.41) is 17.7. The molecule has 4 rings (SSSR count). The van der Waals surface area contributed by atoms with Crippen LogP contribution in [0.1, 0.15) is 49.1 Å². The molecule has 1 unspecified atom stereocenters. The number of thioether (sulfide) groups is 2. The summed E-state index contributed by atoms with van der Waals surface area (Å²) in [6.45, 7) is 1.67. The first-order valence-corrected chi connectivity index (χ1v) is 14.1. The highest BCUT2D eigenvalue weighted by atomic mass is 32.2. The van der Waals surface area contributed by atoms with Crippen LogP contribution in [0.15, 0.2) is 50.1 Å². The summed E-state index contributed by atoms with van der Waals surface area (Å²) in [4.78, 5) is 30.2. The van der Waals surface area contributed by atoms with E-state index in [2.05, 4.69) is 15.5 Å². The van der Waals surface area contributed by atoms with Crippen molar-refractivity contribution in [2.75, 3.05) is 23.5 Å². The fourth-order valence-electron chi connectivity index (χ4n) is 4.34. The minimum atomic E-state index is -0.751. The molecule has 2 N–H and O–H groups in total. The second-order valence-electron chi connectivity index (χ2n) is 8.69. The molecule has 0 saturated carbocycles. The molecule has 0 bridgehead atoms. The number of benzene rings is 1. The van der Waals surface area contributed by atoms with Gasteiger partial charge in [-0.15, -0.1) is 0 Å². The van der Waals surface area contributed by atoms with Crippen molar-refractivity contribution in [2.45, 2.75) is 44.1 Å². The SMILES string of the molecule is CSCCC(NC(=O)CC1(c2oc(C)cc(=O)c2O)CCSCC1)c1nc(-c2ccccc2)no1. The van der Waals surface area contributed by atoms with Crippen molar-refractivity contribution in [1.29, 1.82) is 0 Å². The standard InChI is InChI=1S/C25H29N3O5S2/c1-16-14-19(29)21(31)22(32-16)25(9-12-35-13-10-25)15-20(30)26-18(8-11-34-2)24-27-23(28-33-24)17-6-4-3-5-7-17/h3-7,14,18,31H,8-13,15H2,1-2H3,(H,26,30). The van der Waals surface area contributed by atoms with Crippen LogP contribution in [0.4, 0.5) is 0 Å². The van der Waals surface area contributed by atoms with Crippen molar-refractivity contribution in [2.24, 2.45) is 0 Å². The number of aryl methyl sites for hydroxylation is 1. The highest BCUT2D eigenvalue weighted by molar-refractivity contribution is 7.99. The third-order valence-corrected chi connectivity index (χ3v) is 7.82. The summed E-state index contributed by atoms with van der Waals surface area (Å²) in [5.41, 5.74) is -0.404. The highest BCUT2D eigenvalue weighted by Gasteiger charge is 2.42. The van der Waals surface area contributed by atoms with Gasteiger partial charge in [0.2, 0.25) is 28.8 Å². The van der Waals surface area contributed by atoms with Gasteiger partial charge in [-0.2, -0.15) is 28.5 Å². The summed E-state index contributed by atoms with van der Waals surface area (Å²) in [6.07, 6.45) is 3.96. The van der Waals surface area contributed by atoms with Crippen LogP contribution in [0, 0.1) is 6.92 Å². The number of nitrogens with one attached hydrogen (secondary N) is 1. The Labute approximate surface area is 212 Å². The lowest BCUT2D eigenvalue weighted by Crippen LogP contribution is -2.39. The molecule has 1 aromatic carbocycles. The maximum atomic E-state index is 13.4. The monoisotopic (exact) mass is 515 g/mol. The lowest BCUT2D eigenvalue weighted by atomic mass is 9.75. The maximum Gasteiger partial charge on any atom is 0.249 e. The minimum Gasteiger partial charge on any atom is -0.502 e. The van der Waals surface area contributed by atoms with Gasteiger partial charge in [-0.3, -0.25) is 9.59 Å². The molecule has 1 atom stereocenters. The number of hydrogen-bond acceptors (Lipinski definition) is 9. The number of amides is 1. The minimum absolute atomic E-state index is 0.0863. The molecule has 0 radical (unpaired) electrons. The Morgan fingerprint density at radius 3 is 2.74 bits per heavy atom. The lowest BCUT2D eigenvalue weighted by Gasteiger charge is -2.36. The van der Waals surface area contributed by atoms with Gasteiger partial charge in [0, 0.05) is 23.5 Å². The zero-order chi connectivity index (χ0) is 24.8. The molecule has 1 fully saturated rings. The third kappa shape index (κ3) is 5.92. The first-order chi connectivity index (χ1) is 16.9. The molecule has 3 aromatic rings. The summed E-state index contributed by atoms with van der Waals surface area (Å²) in [7, 11) is 0. The van der Waals surface area contributed by atoms with Crippen molar-refractivity contribution in [3.05, 3.63) is 64.0 Å². The predicted molar refractivity (Wildman–Crippen MR) is 138 cm³/mol. The Morgan fingerprint density at radius 2 is 2.03 bits per heavy atom. The van der Waals surface area contributed by atoms with Crippen LogP contribution in [0.5, 0.6) is 5.75 Å². The van der Waals surface area contributed by atoms with Crippen LogP contribution in [0.25, 0.3) is 11.4 Å². The Morgan fingerprint density at radius 1 is 1.29 bits per heavy atom. The van der Waals surface area contributed by atoms with Gasteiger partial charge in [0.15, 0.2) is 5.76 Å². The van der Waals surface area contributed by atoms with Gasteiger partial charge < -0.3 is 19.4 Å². The van der Waals surface area contributed by atoms with Crippen LogP contribution in [-0.2, 0) is 10.2 Å². The van der Waals surface area contributed by atoms with E-state index in [1.807, 2.05) is 36.6 Å². The molecule has 35 heavy (non-hydrogen) atoms. The number of aromatic hydroxyl groups is 1. The summed E-state index contributed by atoms with van der Waals surface area (Å²) in [6, 6.07) is 10.3. The normalized spacial score (nSPS) is 16.1. The van der Waals surface area contributed by atoms with Crippen LogP contribution in [0.2, 0.25) is 0 Å². The number of carbonyl (C=O) groups excluding carboxylic acids is 1. The first kappa shape index (κ1) is 25.4. The van der Waals surface area contributed by atoms with Crippen molar-refractivity contribution in [3.8, 4) is 17.1 Å². The molecule has 186 valence electrons. The molecule has 0 spiro atoms. The summed E-state index contributed by atoms with van der Waals surface area (Å²) in [5.74, 6) is 3.24. The number of nitrogens with zero attached hydrogens (tertiary/aromatic N) is 2. The number of carbonyl (C=O) groups is 1. The van der Waals surface area contributed by atoms with Crippen molar-refractivity contribution >= 4 is 29.4 Å². The molecule has 1 saturated heterocycles. The van der Waals surface area contributed by atoms with E-state index >= 15 is 0 Å². The predicted octanol–water partition coefficient (Wildman–Crippen LogP) is 4.47. The second-order valence-corrected chi connectivity index (χ2v) is 10.9. The van der Waals surface area contributed by atoms with E-state index in [4.69, 9.17) is 8.94 Å². The molecular formula is C25H29N3O5S2. The molecule has 2 aromatic heterocycles. The van der Waals surface area contributed by atoms with E-state index in [0.717, 1.165) is 22.8 Å². The zero-order valence-electron chi connectivity index (χ0n) is 19.8. The number of rotatable bonds is 9. The Balaban J connectivity index is 1.58. The fourth-order valence-corrected chi connectivity index (χ4v) is 6.08. The zero-order valence-corrected chi connectivity index (χ0v) is 21.4. The van der Waals surface area contributed by atoms with Gasteiger partial charge in [-0.05, 0) is 49.7 Å². The molecular weight excluding hydrogens is 486 g/mol. The van der Waals surface area contributed by atoms with Gasteiger partial charge in [-0.1, -0.05) is 35.5 Å². The van der Waals surface area contributed by atoms with E-state index in [1.54, 1.807) is 30.4 Å². The van der Waals surface area contributed by atoms with Crippen molar-refractivity contribution in [1.82, 2.24) is 15.5 Å². The third-order valence-electron chi connectivity index (χ3n) is 6.19. The summed E-state index contributed by atoms with van der Waals surface area (Å²) < 4.78 is 11.4. The quantitative estimate of drug-likeness (QED) is 0.425. The smallest absolute Gasteiger partial charge is 0.249 e. The van der Waals surface area contributed by atoms with Crippen molar-refractivity contribution < 1.29 is 18.8 Å². The van der Waals surface area contributed by atoms with Crippen LogP contribution < -0.4 is 10.7 Å². The molecule has 10 heteroatoms.